The molecule has 3 aromatic rings. The van der Waals surface area contributed by atoms with Crippen LogP contribution in [0.4, 0.5) is 23.7 Å². The van der Waals surface area contributed by atoms with Crippen LogP contribution in [-0.2, 0) is 6.54 Å². The van der Waals surface area contributed by atoms with Crippen molar-refractivity contribution in [3.63, 3.8) is 0 Å². The molecule has 0 aliphatic heterocycles. The van der Waals surface area contributed by atoms with Crippen LogP contribution in [0.5, 0.6) is 5.75 Å². The second kappa shape index (κ2) is 9.95. The van der Waals surface area contributed by atoms with Crippen molar-refractivity contribution in [1.82, 2.24) is 9.88 Å². The van der Waals surface area contributed by atoms with Crippen molar-refractivity contribution < 1.29 is 27.8 Å². The Hall–Kier alpha value is -3.53. The van der Waals surface area contributed by atoms with Gasteiger partial charge in [-0.05, 0) is 61.2 Å². The molecule has 3 N–H and O–H groups in total. The molecule has 0 radical (unpaired) electrons. The molecule has 0 aliphatic rings. The Labute approximate surface area is 187 Å². The number of hydrogen-bond acceptors (Lipinski definition) is 4. The Balaban J connectivity index is 1.74. The first-order valence-electron chi connectivity index (χ1n) is 10.2. The lowest BCUT2D eigenvalue weighted by Gasteiger charge is -2.22. The third-order valence-electron chi connectivity index (χ3n) is 4.90. The van der Waals surface area contributed by atoms with Crippen LogP contribution in [-0.4, -0.2) is 47.0 Å². The molecule has 2 aromatic carbocycles. The highest BCUT2D eigenvalue weighted by Crippen LogP contribution is 2.21. The van der Waals surface area contributed by atoms with E-state index in [0.29, 0.717) is 11.3 Å². The van der Waals surface area contributed by atoms with E-state index in [1.165, 1.54) is 29.2 Å². The van der Waals surface area contributed by atoms with Gasteiger partial charge in [-0.3, -0.25) is 4.79 Å². The van der Waals surface area contributed by atoms with E-state index in [-0.39, 0.29) is 31.0 Å². The number of aliphatic hydroxyl groups is 1. The Morgan fingerprint density at radius 3 is 2.48 bits per heavy atom. The maximum absolute atomic E-state index is 12.7. The molecule has 176 valence electrons. The quantitative estimate of drug-likeness (QED) is 0.492. The van der Waals surface area contributed by atoms with Gasteiger partial charge in [-0.25, -0.2) is 4.79 Å². The van der Waals surface area contributed by atoms with Gasteiger partial charge in [-0.1, -0.05) is 11.6 Å². The van der Waals surface area contributed by atoms with Crippen molar-refractivity contribution in [2.45, 2.75) is 26.6 Å². The van der Waals surface area contributed by atoms with E-state index in [4.69, 9.17) is 0 Å². The van der Waals surface area contributed by atoms with Crippen LogP contribution in [0.15, 0.2) is 47.3 Å². The summed E-state index contributed by atoms with van der Waals surface area (Å²) in [5.41, 5.74) is 3.02. The summed E-state index contributed by atoms with van der Waals surface area (Å²) in [6.45, 7) is 2.04. The van der Waals surface area contributed by atoms with Crippen molar-refractivity contribution in [2.75, 3.05) is 25.1 Å². The van der Waals surface area contributed by atoms with Crippen LogP contribution in [0.25, 0.3) is 10.9 Å². The zero-order chi connectivity index (χ0) is 24.2. The molecule has 33 heavy (non-hydrogen) atoms. The monoisotopic (exact) mass is 463 g/mol. The largest absolute Gasteiger partial charge is 0.484 e. The van der Waals surface area contributed by atoms with E-state index in [0.717, 1.165) is 22.0 Å². The first kappa shape index (κ1) is 24.1. The van der Waals surface area contributed by atoms with E-state index >= 15 is 0 Å². The van der Waals surface area contributed by atoms with Crippen molar-refractivity contribution in [3.8, 4) is 5.75 Å². The summed E-state index contributed by atoms with van der Waals surface area (Å²) in [6.07, 6.45) is -4.45. The number of amides is 2. The summed E-state index contributed by atoms with van der Waals surface area (Å²) in [4.78, 5) is 29.5. The van der Waals surface area contributed by atoms with Gasteiger partial charge >= 0.3 is 12.2 Å². The van der Waals surface area contributed by atoms with Gasteiger partial charge in [0, 0.05) is 17.8 Å². The fourth-order valence-corrected chi connectivity index (χ4v) is 3.43. The average molecular weight is 463 g/mol. The number of halogens is 3. The fourth-order valence-electron chi connectivity index (χ4n) is 3.43. The molecule has 1 aromatic heterocycles. The lowest BCUT2D eigenvalue weighted by Crippen LogP contribution is -2.38. The minimum absolute atomic E-state index is 0.00539. The number of aliphatic hydroxyl groups excluding tert-OH is 1. The highest BCUT2D eigenvalue weighted by Gasteiger charge is 2.28. The van der Waals surface area contributed by atoms with Crippen LogP contribution >= 0.6 is 0 Å². The Morgan fingerprint density at radius 1 is 1.15 bits per heavy atom. The summed E-state index contributed by atoms with van der Waals surface area (Å²) in [7, 11) is 0. The van der Waals surface area contributed by atoms with Crippen molar-refractivity contribution in [3.05, 3.63) is 69.5 Å². The number of benzene rings is 2. The molecular weight excluding hydrogens is 439 g/mol. The number of nitrogens with zero attached hydrogens (tertiary/aromatic N) is 1. The predicted octanol–water partition coefficient (Wildman–Crippen LogP) is 4.11. The number of carbonyl (C=O) groups is 1. The molecule has 0 atom stereocenters. The lowest BCUT2D eigenvalue weighted by molar-refractivity contribution is -0.153. The molecule has 0 aliphatic carbocycles. The van der Waals surface area contributed by atoms with Crippen molar-refractivity contribution in [2.24, 2.45) is 0 Å². The number of aryl methyl sites for hydroxylation is 2. The number of carbonyl (C=O) groups excluding carboxylic acids is 1. The number of aromatic nitrogens is 1. The summed E-state index contributed by atoms with van der Waals surface area (Å²) < 4.78 is 41.4. The molecule has 0 unspecified atom stereocenters. The summed E-state index contributed by atoms with van der Waals surface area (Å²) in [5.74, 6) is 0.00539. The van der Waals surface area contributed by atoms with Crippen molar-refractivity contribution >= 4 is 22.6 Å². The zero-order valence-electron chi connectivity index (χ0n) is 18.1. The van der Waals surface area contributed by atoms with Crippen LogP contribution in [0.1, 0.15) is 16.7 Å². The van der Waals surface area contributed by atoms with Crippen LogP contribution in [0.2, 0.25) is 0 Å². The van der Waals surface area contributed by atoms with E-state index < -0.39 is 18.8 Å². The Bertz CT molecular complexity index is 1190. The molecule has 10 heteroatoms. The van der Waals surface area contributed by atoms with E-state index in [2.05, 4.69) is 15.0 Å². The summed E-state index contributed by atoms with van der Waals surface area (Å²) in [5, 5.41) is 12.8. The second-order valence-corrected chi connectivity index (χ2v) is 7.67. The molecule has 3 rings (SSSR count). The lowest BCUT2D eigenvalue weighted by atomic mass is 10.1. The van der Waals surface area contributed by atoms with Gasteiger partial charge in [0.2, 0.25) is 0 Å². The normalized spacial score (nSPS) is 11.5. The summed E-state index contributed by atoms with van der Waals surface area (Å²) >= 11 is 0. The number of rotatable bonds is 7. The van der Waals surface area contributed by atoms with Crippen LogP contribution in [0.3, 0.4) is 0 Å². The maximum Gasteiger partial charge on any atom is 0.422 e. The number of H-pyrrole nitrogens is 1. The molecule has 0 fully saturated rings. The van der Waals surface area contributed by atoms with Crippen molar-refractivity contribution in [1.29, 1.82) is 0 Å². The Morgan fingerprint density at radius 2 is 1.85 bits per heavy atom. The Kier molecular flexibility index (Phi) is 7.27. The first-order chi connectivity index (χ1) is 15.6. The molecule has 2 amide bonds. The number of hydrogen-bond donors (Lipinski definition) is 3. The number of anilines is 1. The standard InChI is InChI=1S/C23H24F3N3O4/c1-14-9-15(2)20-16(10-14)11-17(21(31)28-20)12-29(7-8-30)22(32)27-18-3-5-19(6-4-18)33-13-23(24,25)26/h3-6,9-11,30H,7-8,12-13H2,1-2H3,(H,27,32)(H,28,31). The van der Waals surface area contributed by atoms with E-state index in [9.17, 15) is 27.9 Å². The maximum atomic E-state index is 12.7. The fraction of sp³-hybridized carbons (Fsp3) is 0.304. The average Bonchev–Trinajstić information content (AvgIpc) is 2.73. The number of fused-ring (bicyclic) bond motifs is 1. The molecule has 0 saturated carbocycles. The van der Waals surface area contributed by atoms with Gasteiger partial charge in [0.15, 0.2) is 6.61 Å². The molecule has 1 heterocycles. The summed E-state index contributed by atoms with van der Waals surface area (Å²) in [6, 6.07) is 10.4. The number of ether oxygens (including phenoxy) is 1. The van der Waals surface area contributed by atoms with E-state index in [1.54, 1.807) is 6.07 Å². The van der Waals surface area contributed by atoms with Gasteiger partial charge in [0.25, 0.3) is 5.56 Å². The number of urea groups is 1. The smallest absolute Gasteiger partial charge is 0.422 e. The van der Waals surface area contributed by atoms with Gasteiger partial charge < -0.3 is 25.0 Å². The number of pyridine rings is 1. The highest BCUT2D eigenvalue weighted by atomic mass is 19.4. The molecule has 7 nitrogen and oxygen atoms in total. The highest BCUT2D eigenvalue weighted by molar-refractivity contribution is 5.89. The van der Waals surface area contributed by atoms with E-state index in [1.807, 2.05) is 26.0 Å². The van der Waals surface area contributed by atoms with Crippen LogP contribution in [0, 0.1) is 13.8 Å². The molecular formula is C23H24F3N3O4. The van der Waals surface area contributed by atoms with Gasteiger partial charge in [-0.15, -0.1) is 0 Å². The zero-order valence-corrected chi connectivity index (χ0v) is 18.1. The molecule has 0 bridgehead atoms. The third kappa shape index (κ3) is 6.48. The molecule has 0 saturated heterocycles. The topological polar surface area (TPSA) is 94.7 Å². The second-order valence-electron chi connectivity index (χ2n) is 7.67. The van der Waals surface area contributed by atoms with Gasteiger partial charge in [-0.2, -0.15) is 13.2 Å². The first-order valence-corrected chi connectivity index (χ1v) is 10.2. The van der Waals surface area contributed by atoms with Crippen LogP contribution < -0.4 is 15.6 Å². The van der Waals surface area contributed by atoms with Gasteiger partial charge in [0.1, 0.15) is 5.75 Å². The minimum Gasteiger partial charge on any atom is -0.484 e. The minimum atomic E-state index is -4.45. The molecule has 0 spiro atoms. The number of aromatic amines is 1. The number of alkyl halides is 3. The SMILES string of the molecule is Cc1cc(C)c2[nH]c(=O)c(CN(CCO)C(=O)Nc3ccc(OCC(F)(F)F)cc3)cc2c1. The third-order valence-corrected chi connectivity index (χ3v) is 4.90. The predicted molar refractivity (Wildman–Crippen MR) is 119 cm³/mol. The van der Waals surface area contributed by atoms with Gasteiger partial charge in [0.05, 0.1) is 18.7 Å². The number of nitrogens with one attached hydrogen (secondary N) is 2.